The van der Waals surface area contributed by atoms with Gasteiger partial charge in [0.2, 0.25) is 0 Å². The first-order valence-electron chi connectivity index (χ1n) is 12.1. The molecule has 4 aromatic rings. The second-order valence-corrected chi connectivity index (χ2v) is 9.20. The van der Waals surface area contributed by atoms with E-state index in [0.29, 0.717) is 11.5 Å². The van der Waals surface area contributed by atoms with Gasteiger partial charge in [-0.1, -0.05) is 78.9 Å². The van der Waals surface area contributed by atoms with E-state index in [4.69, 9.17) is 9.47 Å². The van der Waals surface area contributed by atoms with Crippen LogP contribution in [0, 0.1) is 0 Å². The summed E-state index contributed by atoms with van der Waals surface area (Å²) in [6, 6.07) is 25.4. The van der Waals surface area contributed by atoms with Crippen LogP contribution in [-0.2, 0) is 26.7 Å². The van der Waals surface area contributed by atoms with Gasteiger partial charge in [-0.2, -0.15) is 9.90 Å². The van der Waals surface area contributed by atoms with Crippen LogP contribution >= 0.6 is 0 Å². The number of ether oxygens (including phenoxy) is 2. The number of carbonyl (C=O) groups is 2. The molecule has 5 rings (SSSR count). The molecule has 1 aliphatic rings. The second kappa shape index (κ2) is 9.89. The predicted octanol–water partition coefficient (Wildman–Crippen LogP) is 5.66. The monoisotopic (exact) mass is 496 g/mol. The van der Waals surface area contributed by atoms with Crippen LogP contribution in [-0.4, -0.2) is 34.2 Å². The minimum absolute atomic E-state index is 0.170. The number of aromatic nitrogens is 3. The molecule has 1 amide bonds. The Labute approximate surface area is 215 Å². The lowest BCUT2D eigenvalue weighted by atomic mass is 9.93. The van der Waals surface area contributed by atoms with E-state index in [1.165, 1.54) is 11.9 Å². The number of hydrogen-bond acceptors (Lipinski definition) is 6. The number of methoxy groups -OCH3 is 1. The van der Waals surface area contributed by atoms with Gasteiger partial charge in [-0.15, -0.1) is 5.10 Å². The van der Waals surface area contributed by atoms with Crippen LogP contribution in [0.3, 0.4) is 0 Å². The zero-order valence-corrected chi connectivity index (χ0v) is 21.0. The quantitative estimate of drug-likeness (QED) is 0.332. The SMILES string of the molecule is COC(=O)C1(c2ccc(-c3ccc(-c4nn(C)nc4NC(=O)O[C@H](C)c4ccccc4)cc3)cc2)CC1. The minimum Gasteiger partial charge on any atom is -0.468 e. The number of esters is 1. The topological polar surface area (TPSA) is 95.3 Å². The number of benzene rings is 3. The van der Waals surface area contributed by atoms with Gasteiger partial charge in [0, 0.05) is 12.6 Å². The molecule has 1 aromatic heterocycles. The van der Waals surface area contributed by atoms with Gasteiger partial charge in [-0.05, 0) is 42.0 Å². The zero-order chi connectivity index (χ0) is 26.0. The van der Waals surface area contributed by atoms with E-state index in [1.807, 2.05) is 85.8 Å². The third kappa shape index (κ3) is 4.95. The fourth-order valence-electron chi connectivity index (χ4n) is 4.50. The molecule has 37 heavy (non-hydrogen) atoms. The molecule has 1 saturated carbocycles. The number of rotatable bonds is 7. The Kier molecular flexibility index (Phi) is 6.48. The van der Waals surface area contributed by atoms with E-state index >= 15 is 0 Å². The Balaban J connectivity index is 1.29. The molecule has 1 atom stereocenters. The molecule has 3 aromatic carbocycles. The molecule has 1 heterocycles. The molecule has 8 nitrogen and oxygen atoms in total. The Morgan fingerprint density at radius 2 is 1.49 bits per heavy atom. The first-order chi connectivity index (χ1) is 17.9. The highest BCUT2D eigenvalue weighted by atomic mass is 16.6. The molecular weight excluding hydrogens is 468 g/mol. The number of nitrogens with zero attached hydrogens (tertiary/aromatic N) is 3. The highest BCUT2D eigenvalue weighted by Gasteiger charge is 2.52. The van der Waals surface area contributed by atoms with Gasteiger partial charge in [-0.3, -0.25) is 10.1 Å². The molecule has 188 valence electrons. The smallest absolute Gasteiger partial charge is 0.413 e. The van der Waals surface area contributed by atoms with Crippen LogP contribution < -0.4 is 5.32 Å². The zero-order valence-electron chi connectivity index (χ0n) is 21.0. The lowest BCUT2D eigenvalue weighted by Crippen LogP contribution is -2.21. The number of amides is 1. The molecular formula is C29H28N4O4. The van der Waals surface area contributed by atoms with Gasteiger partial charge in [-0.25, -0.2) is 4.79 Å². The molecule has 1 aliphatic carbocycles. The summed E-state index contributed by atoms with van der Waals surface area (Å²) in [4.78, 5) is 26.1. The molecule has 8 heteroatoms. The lowest BCUT2D eigenvalue weighted by molar-refractivity contribution is -0.143. The van der Waals surface area contributed by atoms with Gasteiger partial charge in [0.1, 0.15) is 11.8 Å². The van der Waals surface area contributed by atoms with E-state index in [0.717, 1.165) is 40.7 Å². The number of nitrogens with one attached hydrogen (secondary N) is 1. The molecule has 1 N–H and O–H groups in total. The van der Waals surface area contributed by atoms with Gasteiger partial charge in [0.05, 0.1) is 12.5 Å². The fourth-order valence-corrected chi connectivity index (χ4v) is 4.50. The molecule has 0 spiro atoms. The van der Waals surface area contributed by atoms with E-state index in [2.05, 4.69) is 15.5 Å². The number of carbonyl (C=O) groups excluding carboxylic acids is 2. The number of aryl methyl sites for hydroxylation is 1. The summed E-state index contributed by atoms with van der Waals surface area (Å²) >= 11 is 0. The maximum Gasteiger partial charge on any atom is 0.413 e. The Hall–Kier alpha value is -4.46. The molecule has 0 bridgehead atoms. The van der Waals surface area contributed by atoms with Crippen LogP contribution in [0.4, 0.5) is 10.6 Å². The van der Waals surface area contributed by atoms with E-state index in [9.17, 15) is 9.59 Å². The Bertz CT molecular complexity index is 1410. The molecule has 0 saturated heterocycles. The number of hydrogen-bond donors (Lipinski definition) is 1. The summed E-state index contributed by atoms with van der Waals surface area (Å²) < 4.78 is 10.5. The van der Waals surface area contributed by atoms with Gasteiger partial charge in [0.15, 0.2) is 5.82 Å². The van der Waals surface area contributed by atoms with Crippen LogP contribution in [0.2, 0.25) is 0 Å². The number of anilines is 1. The molecule has 0 aliphatic heterocycles. The van der Waals surface area contributed by atoms with E-state index < -0.39 is 17.6 Å². The first-order valence-corrected chi connectivity index (χ1v) is 12.1. The van der Waals surface area contributed by atoms with Crippen molar-refractivity contribution >= 4 is 17.9 Å². The van der Waals surface area contributed by atoms with Crippen LogP contribution in [0.25, 0.3) is 22.4 Å². The van der Waals surface area contributed by atoms with Crippen molar-refractivity contribution in [3.05, 3.63) is 90.0 Å². The Morgan fingerprint density at radius 1 is 0.892 bits per heavy atom. The second-order valence-electron chi connectivity index (χ2n) is 9.20. The average Bonchev–Trinajstić information content (AvgIpc) is 3.66. The van der Waals surface area contributed by atoms with Gasteiger partial charge in [0.25, 0.3) is 0 Å². The van der Waals surface area contributed by atoms with Gasteiger partial charge < -0.3 is 9.47 Å². The van der Waals surface area contributed by atoms with Crippen LogP contribution in [0.5, 0.6) is 0 Å². The minimum atomic E-state index is -0.602. The fraction of sp³-hybridized carbons (Fsp3) is 0.241. The predicted molar refractivity (Wildman–Crippen MR) is 140 cm³/mol. The summed E-state index contributed by atoms with van der Waals surface area (Å²) in [6.07, 6.45) is 0.631. The first kappa shape index (κ1) is 24.2. The van der Waals surface area contributed by atoms with Crippen molar-refractivity contribution in [2.45, 2.75) is 31.3 Å². The highest BCUT2D eigenvalue weighted by molar-refractivity contribution is 5.89. The third-order valence-corrected chi connectivity index (χ3v) is 6.74. The van der Waals surface area contributed by atoms with Crippen LogP contribution in [0.1, 0.15) is 37.0 Å². The van der Waals surface area contributed by atoms with Crippen molar-refractivity contribution in [1.82, 2.24) is 15.0 Å². The maximum absolute atomic E-state index is 12.6. The summed E-state index contributed by atoms with van der Waals surface area (Å²) in [7, 11) is 3.13. The standard InChI is InChI=1S/C29H28N4O4/c1-19(20-7-5-4-6-8-20)37-28(35)30-26-25(31-33(2)32-26)23-11-9-21(10-12-23)22-13-15-24(16-14-22)29(17-18-29)27(34)36-3/h4-16,19H,17-18H2,1-3H3,(H,30,32,35)/t19-/m1/s1. The van der Waals surface area contributed by atoms with E-state index in [1.54, 1.807) is 7.05 Å². The maximum atomic E-state index is 12.6. The molecule has 0 radical (unpaired) electrons. The Morgan fingerprint density at radius 3 is 2.08 bits per heavy atom. The normalized spacial score (nSPS) is 14.5. The highest BCUT2D eigenvalue weighted by Crippen LogP contribution is 2.49. The van der Waals surface area contributed by atoms with E-state index in [-0.39, 0.29) is 5.97 Å². The summed E-state index contributed by atoms with van der Waals surface area (Å²) in [5.74, 6) is 0.152. The van der Waals surface area contributed by atoms with Crippen LogP contribution in [0.15, 0.2) is 78.9 Å². The molecule has 0 unspecified atom stereocenters. The lowest BCUT2D eigenvalue weighted by Gasteiger charge is -2.14. The van der Waals surface area contributed by atoms with Crippen molar-refractivity contribution in [3.8, 4) is 22.4 Å². The van der Waals surface area contributed by atoms with Crippen molar-refractivity contribution in [2.24, 2.45) is 7.05 Å². The average molecular weight is 497 g/mol. The van der Waals surface area contributed by atoms with Gasteiger partial charge >= 0.3 is 12.1 Å². The van der Waals surface area contributed by atoms with Crippen molar-refractivity contribution < 1.29 is 19.1 Å². The summed E-state index contributed by atoms with van der Waals surface area (Å²) in [6.45, 7) is 1.82. The van der Waals surface area contributed by atoms with Crippen molar-refractivity contribution in [3.63, 3.8) is 0 Å². The van der Waals surface area contributed by atoms with Crippen molar-refractivity contribution in [1.29, 1.82) is 0 Å². The third-order valence-electron chi connectivity index (χ3n) is 6.74. The van der Waals surface area contributed by atoms with Crippen molar-refractivity contribution in [2.75, 3.05) is 12.4 Å². The summed E-state index contributed by atoms with van der Waals surface area (Å²) in [5, 5.41) is 11.5. The molecule has 1 fully saturated rings. The summed E-state index contributed by atoms with van der Waals surface area (Å²) in [5.41, 5.74) is 4.82. The largest absolute Gasteiger partial charge is 0.468 e.